The fourth-order valence-corrected chi connectivity index (χ4v) is 6.53. The number of benzene rings is 6. The number of hydrogen-bond donors (Lipinski definition) is 0. The molecule has 6 aromatic carbocycles. The van der Waals surface area contributed by atoms with Crippen LogP contribution in [0.3, 0.4) is 0 Å². The van der Waals surface area contributed by atoms with Crippen molar-refractivity contribution in [3.05, 3.63) is 145 Å². The second-order valence-corrected chi connectivity index (χ2v) is 12.7. The Balaban J connectivity index is 1.37. The maximum Gasteiger partial charge on any atom is 0.0708 e. The predicted octanol–water partition coefficient (Wildman–Crippen LogP) is 11.3. The summed E-state index contributed by atoms with van der Waals surface area (Å²) in [5.74, 6) is 0. The van der Waals surface area contributed by atoms with Gasteiger partial charge in [0.05, 0.1) is 5.69 Å². The summed E-state index contributed by atoms with van der Waals surface area (Å²) in [6.07, 6.45) is 5.73. The predicted molar refractivity (Wildman–Crippen MR) is 186 cm³/mol. The fourth-order valence-electron chi connectivity index (χ4n) is 6.53. The molecule has 0 saturated heterocycles. The Morgan fingerprint density at radius 3 is 1.73 bits per heavy atom. The highest BCUT2D eigenvalue weighted by Crippen LogP contribution is 2.45. The molecule has 0 aliphatic rings. The molecular formula is C42H32N2. The molecule has 44 heavy (non-hydrogen) atoms. The van der Waals surface area contributed by atoms with E-state index >= 15 is 0 Å². The zero-order chi connectivity index (χ0) is 29.8. The summed E-state index contributed by atoms with van der Waals surface area (Å²) in [6, 6.07) is 44.1. The smallest absolute Gasteiger partial charge is 0.0708 e. The van der Waals surface area contributed by atoms with Crippen LogP contribution < -0.4 is 0 Å². The highest BCUT2D eigenvalue weighted by molar-refractivity contribution is 6.28. The van der Waals surface area contributed by atoms with E-state index in [4.69, 9.17) is 4.98 Å². The Bertz CT molecular complexity index is 2110. The van der Waals surface area contributed by atoms with Crippen LogP contribution >= 0.6 is 0 Å². The lowest BCUT2D eigenvalue weighted by Gasteiger charge is -2.22. The van der Waals surface area contributed by atoms with Crippen LogP contribution in [0.4, 0.5) is 0 Å². The molecule has 8 aromatic rings. The van der Waals surface area contributed by atoms with Gasteiger partial charge in [0.1, 0.15) is 0 Å². The Kier molecular flexibility index (Phi) is 6.06. The Labute approximate surface area is 258 Å². The molecule has 0 atom stereocenters. The number of aromatic nitrogens is 2. The third-order valence-electron chi connectivity index (χ3n) is 8.92. The van der Waals surface area contributed by atoms with Gasteiger partial charge in [-0.1, -0.05) is 124 Å². The summed E-state index contributed by atoms with van der Waals surface area (Å²) in [5.41, 5.74) is 10.5. The summed E-state index contributed by atoms with van der Waals surface area (Å²) in [4.78, 5) is 9.35. The first kappa shape index (κ1) is 26.3. The van der Waals surface area contributed by atoms with Crippen molar-refractivity contribution in [1.29, 1.82) is 0 Å². The second-order valence-electron chi connectivity index (χ2n) is 12.7. The van der Waals surface area contributed by atoms with Gasteiger partial charge in [-0.15, -0.1) is 0 Å². The highest BCUT2D eigenvalue weighted by Gasteiger charge is 2.20. The molecule has 2 aromatic heterocycles. The third-order valence-corrected chi connectivity index (χ3v) is 8.92. The van der Waals surface area contributed by atoms with E-state index in [2.05, 4.69) is 135 Å². The van der Waals surface area contributed by atoms with Gasteiger partial charge in [0.2, 0.25) is 0 Å². The Morgan fingerprint density at radius 1 is 0.477 bits per heavy atom. The number of pyridine rings is 2. The Morgan fingerprint density at radius 2 is 1.09 bits per heavy atom. The summed E-state index contributed by atoms with van der Waals surface area (Å²) >= 11 is 0. The SMILES string of the molecule is CC(C)(C)c1cc2ccc3c(-c4ccc(-c5cccnc5)cc4)cc(-c4ccc(-c5ccccc5)cn4)c4ccc(c1)c2c34. The maximum atomic E-state index is 5.04. The molecule has 2 heteroatoms. The van der Waals surface area contributed by atoms with E-state index in [0.29, 0.717) is 0 Å². The average molecular weight is 565 g/mol. The molecule has 0 saturated carbocycles. The van der Waals surface area contributed by atoms with E-state index in [0.717, 1.165) is 27.9 Å². The third kappa shape index (κ3) is 4.42. The molecule has 0 aliphatic carbocycles. The van der Waals surface area contributed by atoms with Gasteiger partial charge in [0, 0.05) is 29.7 Å². The van der Waals surface area contributed by atoms with Gasteiger partial charge in [-0.2, -0.15) is 0 Å². The lowest BCUT2D eigenvalue weighted by molar-refractivity contribution is 0.591. The second kappa shape index (κ2) is 10.1. The molecule has 2 heterocycles. The minimum Gasteiger partial charge on any atom is -0.264 e. The monoisotopic (exact) mass is 564 g/mol. The fraction of sp³-hybridized carbons (Fsp3) is 0.0952. The van der Waals surface area contributed by atoms with Crippen LogP contribution in [0, 0.1) is 0 Å². The minimum atomic E-state index is 0.0706. The van der Waals surface area contributed by atoms with Crippen LogP contribution in [0.15, 0.2) is 140 Å². The molecule has 8 rings (SSSR count). The van der Waals surface area contributed by atoms with Crippen molar-refractivity contribution < 1.29 is 0 Å². The molecule has 0 unspecified atom stereocenters. The molecule has 0 amide bonds. The molecule has 0 aliphatic heterocycles. The first-order chi connectivity index (χ1) is 21.4. The highest BCUT2D eigenvalue weighted by atomic mass is 14.7. The van der Waals surface area contributed by atoms with Gasteiger partial charge in [-0.05, 0) is 89.3 Å². The minimum absolute atomic E-state index is 0.0706. The largest absolute Gasteiger partial charge is 0.264 e. The summed E-state index contributed by atoms with van der Waals surface area (Å²) in [6.45, 7) is 6.86. The molecular weight excluding hydrogens is 532 g/mol. The number of nitrogens with zero attached hydrogens (tertiary/aromatic N) is 2. The van der Waals surface area contributed by atoms with Gasteiger partial charge in [-0.3, -0.25) is 9.97 Å². The van der Waals surface area contributed by atoms with Gasteiger partial charge in [-0.25, -0.2) is 0 Å². The van der Waals surface area contributed by atoms with Crippen LogP contribution in [-0.2, 0) is 5.41 Å². The van der Waals surface area contributed by atoms with Gasteiger partial charge >= 0.3 is 0 Å². The van der Waals surface area contributed by atoms with E-state index in [-0.39, 0.29) is 5.41 Å². The maximum absolute atomic E-state index is 5.04. The first-order valence-electron chi connectivity index (χ1n) is 15.2. The molecule has 0 fully saturated rings. The summed E-state index contributed by atoms with van der Waals surface area (Å²) in [7, 11) is 0. The first-order valence-corrected chi connectivity index (χ1v) is 15.2. The lowest BCUT2D eigenvalue weighted by Crippen LogP contribution is -2.10. The number of hydrogen-bond acceptors (Lipinski definition) is 2. The summed E-state index contributed by atoms with van der Waals surface area (Å²) < 4.78 is 0. The van der Waals surface area contributed by atoms with E-state index in [1.165, 1.54) is 54.6 Å². The normalized spacial score (nSPS) is 12.0. The molecule has 0 N–H and O–H groups in total. The molecule has 0 spiro atoms. The van der Waals surface area contributed by atoms with Gasteiger partial charge < -0.3 is 0 Å². The Hall–Kier alpha value is -5.34. The van der Waals surface area contributed by atoms with Crippen molar-refractivity contribution in [1.82, 2.24) is 9.97 Å². The molecule has 2 nitrogen and oxygen atoms in total. The van der Waals surface area contributed by atoms with E-state index in [1.54, 1.807) is 0 Å². The summed E-state index contributed by atoms with van der Waals surface area (Å²) in [5, 5.41) is 7.70. The van der Waals surface area contributed by atoms with Crippen molar-refractivity contribution in [2.45, 2.75) is 26.2 Å². The van der Waals surface area contributed by atoms with Crippen molar-refractivity contribution in [2.24, 2.45) is 0 Å². The van der Waals surface area contributed by atoms with Crippen molar-refractivity contribution >= 4 is 32.3 Å². The van der Waals surface area contributed by atoms with E-state index in [1.807, 2.05) is 30.7 Å². The van der Waals surface area contributed by atoms with Crippen molar-refractivity contribution in [2.75, 3.05) is 0 Å². The van der Waals surface area contributed by atoms with Gasteiger partial charge in [0.15, 0.2) is 0 Å². The van der Waals surface area contributed by atoms with Crippen LogP contribution in [0.25, 0.3) is 77.0 Å². The standard InChI is InChI=1S/C42H32N2/c1-42(2,3)34-22-30-15-18-35-37(29-13-11-28(12-14-29)32-10-7-21-43-25-32)24-38(36-19-16-31(23-34)40(30)41(35)36)39-20-17-33(26-44-39)27-8-5-4-6-9-27/h4-26H,1-3H3. The quantitative estimate of drug-likeness (QED) is 0.199. The van der Waals surface area contributed by atoms with Crippen LogP contribution in [-0.4, -0.2) is 9.97 Å². The van der Waals surface area contributed by atoms with Crippen molar-refractivity contribution in [3.63, 3.8) is 0 Å². The zero-order valence-corrected chi connectivity index (χ0v) is 25.2. The zero-order valence-electron chi connectivity index (χ0n) is 25.2. The average Bonchev–Trinajstić information content (AvgIpc) is 3.07. The van der Waals surface area contributed by atoms with Crippen LogP contribution in [0.5, 0.6) is 0 Å². The van der Waals surface area contributed by atoms with Crippen LogP contribution in [0.1, 0.15) is 26.3 Å². The molecule has 0 bridgehead atoms. The topological polar surface area (TPSA) is 25.8 Å². The van der Waals surface area contributed by atoms with E-state index < -0.39 is 0 Å². The van der Waals surface area contributed by atoms with Crippen LogP contribution in [0.2, 0.25) is 0 Å². The van der Waals surface area contributed by atoms with Crippen molar-refractivity contribution in [3.8, 4) is 44.6 Å². The lowest BCUT2D eigenvalue weighted by atomic mass is 9.82. The molecule has 210 valence electrons. The number of rotatable bonds is 4. The van der Waals surface area contributed by atoms with Gasteiger partial charge in [0.25, 0.3) is 0 Å². The molecule has 0 radical (unpaired) electrons. The van der Waals surface area contributed by atoms with E-state index in [9.17, 15) is 0 Å².